The van der Waals surface area contributed by atoms with E-state index in [2.05, 4.69) is 37.4 Å². The maximum atomic E-state index is 6.08. The van der Waals surface area contributed by atoms with E-state index in [0.29, 0.717) is 5.92 Å². The van der Waals surface area contributed by atoms with E-state index in [1.165, 1.54) is 64.2 Å². The lowest BCUT2D eigenvalue weighted by Crippen LogP contribution is -2.24. The Kier molecular flexibility index (Phi) is 7.48. The minimum atomic E-state index is 0.505. The first-order chi connectivity index (χ1) is 14.3. The summed E-state index contributed by atoms with van der Waals surface area (Å²) in [7, 11) is 0. The van der Waals surface area contributed by atoms with Crippen LogP contribution >= 0.6 is 0 Å². The highest BCUT2D eigenvalue weighted by molar-refractivity contribution is 5.82. The van der Waals surface area contributed by atoms with Gasteiger partial charge in [-0.15, -0.1) is 0 Å². The SMILES string of the molecule is CCCCNCC1C(COCC)=C(C2CCCC2)c2c(C3CCCC3)cccc21. The fraction of sp³-hybridized carbons (Fsp3) is 0.704. The van der Waals surface area contributed by atoms with Crippen LogP contribution in [0.2, 0.25) is 0 Å². The van der Waals surface area contributed by atoms with Gasteiger partial charge in [-0.05, 0) is 85.2 Å². The average molecular weight is 396 g/mol. The molecule has 1 unspecified atom stereocenters. The molecular weight excluding hydrogens is 354 g/mol. The molecule has 3 aliphatic carbocycles. The van der Waals surface area contributed by atoms with E-state index in [4.69, 9.17) is 4.74 Å². The zero-order chi connectivity index (χ0) is 20.1. The van der Waals surface area contributed by atoms with Crippen LogP contribution in [0, 0.1) is 5.92 Å². The Hall–Kier alpha value is -1.12. The molecular formula is C27H41NO. The van der Waals surface area contributed by atoms with Crippen molar-refractivity contribution in [3.05, 3.63) is 40.5 Å². The molecule has 0 radical (unpaired) electrons. The molecule has 0 bridgehead atoms. The van der Waals surface area contributed by atoms with Crippen LogP contribution in [0.4, 0.5) is 0 Å². The van der Waals surface area contributed by atoms with Crippen molar-refractivity contribution >= 4 is 5.57 Å². The van der Waals surface area contributed by atoms with E-state index in [-0.39, 0.29) is 0 Å². The zero-order valence-electron chi connectivity index (χ0n) is 18.8. The Labute approximate surface area is 178 Å². The number of benzene rings is 1. The van der Waals surface area contributed by atoms with Gasteiger partial charge in [0, 0.05) is 19.1 Å². The van der Waals surface area contributed by atoms with Gasteiger partial charge in [0.1, 0.15) is 0 Å². The summed E-state index contributed by atoms with van der Waals surface area (Å²) in [5.74, 6) is 2.04. The van der Waals surface area contributed by atoms with E-state index >= 15 is 0 Å². The molecule has 0 aromatic heterocycles. The normalized spacial score (nSPS) is 22.8. The number of rotatable bonds is 10. The number of unbranched alkanes of at least 4 members (excludes halogenated alkanes) is 1. The van der Waals surface area contributed by atoms with Crippen LogP contribution in [0.1, 0.15) is 107 Å². The Morgan fingerprint density at radius 2 is 1.62 bits per heavy atom. The molecule has 1 N–H and O–H groups in total. The van der Waals surface area contributed by atoms with E-state index in [9.17, 15) is 0 Å². The Morgan fingerprint density at radius 1 is 0.931 bits per heavy atom. The molecule has 2 saturated carbocycles. The number of fused-ring (bicyclic) bond motifs is 1. The highest BCUT2D eigenvalue weighted by atomic mass is 16.5. The first-order valence-corrected chi connectivity index (χ1v) is 12.5. The molecule has 4 rings (SSSR count). The fourth-order valence-corrected chi connectivity index (χ4v) is 6.16. The standard InChI is InChI=1S/C27H41NO/c1-3-5-17-28-18-24-23-16-10-15-22(20-11-6-7-12-20)27(23)26(21-13-8-9-14-21)25(24)19-29-4-2/h10,15-16,20-21,24,28H,3-9,11-14,17-19H2,1-2H3. The molecule has 160 valence electrons. The van der Waals surface area contributed by atoms with Gasteiger partial charge in [0.15, 0.2) is 0 Å². The fourth-order valence-electron chi connectivity index (χ4n) is 6.16. The number of hydrogen-bond acceptors (Lipinski definition) is 2. The smallest absolute Gasteiger partial charge is 0.0689 e. The summed E-state index contributed by atoms with van der Waals surface area (Å²) in [5.41, 5.74) is 8.28. The molecule has 2 fully saturated rings. The van der Waals surface area contributed by atoms with Crippen LogP contribution in [0.5, 0.6) is 0 Å². The third kappa shape index (κ3) is 4.49. The molecule has 29 heavy (non-hydrogen) atoms. The van der Waals surface area contributed by atoms with Gasteiger partial charge in [0.2, 0.25) is 0 Å². The summed E-state index contributed by atoms with van der Waals surface area (Å²) in [6.45, 7) is 8.24. The zero-order valence-corrected chi connectivity index (χ0v) is 18.8. The molecule has 2 nitrogen and oxygen atoms in total. The molecule has 2 heteroatoms. The largest absolute Gasteiger partial charge is 0.377 e. The van der Waals surface area contributed by atoms with Crippen LogP contribution in [0.25, 0.3) is 5.57 Å². The molecule has 0 heterocycles. The van der Waals surface area contributed by atoms with E-state index in [0.717, 1.165) is 38.1 Å². The predicted molar refractivity (Wildman–Crippen MR) is 124 cm³/mol. The predicted octanol–water partition coefficient (Wildman–Crippen LogP) is 6.81. The second kappa shape index (κ2) is 10.3. The quantitative estimate of drug-likeness (QED) is 0.439. The van der Waals surface area contributed by atoms with Gasteiger partial charge in [-0.25, -0.2) is 0 Å². The summed E-state index contributed by atoms with van der Waals surface area (Å²) in [4.78, 5) is 0. The van der Waals surface area contributed by atoms with Crippen molar-refractivity contribution in [2.24, 2.45) is 5.92 Å². The minimum Gasteiger partial charge on any atom is -0.377 e. The van der Waals surface area contributed by atoms with Crippen LogP contribution in [0.15, 0.2) is 23.8 Å². The third-order valence-electron chi connectivity index (χ3n) is 7.62. The van der Waals surface area contributed by atoms with Crippen molar-refractivity contribution in [3.8, 4) is 0 Å². The van der Waals surface area contributed by atoms with Crippen molar-refractivity contribution in [3.63, 3.8) is 0 Å². The second-order valence-electron chi connectivity index (χ2n) is 9.46. The van der Waals surface area contributed by atoms with Crippen LogP contribution in [-0.2, 0) is 4.74 Å². The highest BCUT2D eigenvalue weighted by Crippen LogP contribution is 2.52. The summed E-state index contributed by atoms with van der Waals surface area (Å²) >= 11 is 0. The van der Waals surface area contributed by atoms with E-state index in [1.54, 1.807) is 27.8 Å². The van der Waals surface area contributed by atoms with Crippen molar-refractivity contribution in [2.75, 3.05) is 26.3 Å². The average Bonchev–Trinajstić information content (AvgIpc) is 3.50. The van der Waals surface area contributed by atoms with Gasteiger partial charge < -0.3 is 10.1 Å². The van der Waals surface area contributed by atoms with E-state index < -0.39 is 0 Å². The highest BCUT2D eigenvalue weighted by Gasteiger charge is 2.38. The lowest BCUT2D eigenvalue weighted by Gasteiger charge is -2.21. The summed E-state index contributed by atoms with van der Waals surface area (Å²) < 4.78 is 6.08. The topological polar surface area (TPSA) is 21.3 Å². The Morgan fingerprint density at radius 3 is 2.31 bits per heavy atom. The van der Waals surface area contributed by atoms with Crippen LogP contribution in [-0.4, -0.2) is 26.3 Å². The first-order valence-electron chi connectivity index (χ1n) is 12.5. The van der Waals surface area contributed by atoms with Gasteiger partial charge in [0.05, 0.1) is 6.61 Å². The molecule has 0 aliphatic heterocycles. The van der Waals surface area contributed by atoms with Gasteiger partial charge in [-0.1, -0.05) is 57.2 Å². The lowest BCUT2D eigenvalue weighted by atomic mass is 9.83. The number of ether oxygens (including phenoxy) is 1. The van der Waals surface area contributed by atoms with Gasteiger partial charge >= 0.3 is 0 Å². The van der Waals surface area contributed by atoms with Crippen molar-refractivity contribution in [1.82, 2.24) is 5.32 Å². The van der Waals surface area contributed by atoms with Crippen molar-refractivity contribution in [1.29, 1.82) is 0 Å². The molecule has 1 aromatic rings. The maximum absolute atomic E-state index is 6.08. The summed E-state index contributed by atoms with van der Waals surface area (Å²) in [6.07, 6.45) is 13.7. The molecule has 1 aromatic carbocycles. The lowest BCUT2D eigenvalue weighted by molar-refractivity contribution is 0.167. The first kappa shape index (κ1) is 21.1. The van der Waals surface area contributed by atoms with E-state index in [1.807, 2.05) is 0 Å². The number of allylic oxidation sites excluding steroid dienone is 1. The van der Waals surface area contributed by atoms with Gasteiger partial charge in [-0.2, -0.15) is 0 Å². The van der Waals surface area contributed by atoms with Crippen LogP contribution in [0.3, 0.4) is 0 Å². The Bertz CT molecular complexity index is 694. The van der Waals surface area contributed by atoms with Crippen molar-refractivity contribution in [2.45, 2.75) is 89.9 Å². The molecule has 1 atom stereocenters. The van der Waals surface area contributed by atoms with Gasteiger partial charge in [-0.3, -0.25) is 0 Å². The molecule has 0 saturated heterocycles. The molecule has 0 spiro atoms. The summed E-state index contributed by atoms with van der Waals surface area (Å²) in [5, 5.41) is 3.79. The maximum Gasteiger partial charge on any atom is 0.0689 e. The number of nitrogens with one attached hydrogen (secondary N) is 1. The molecule has 3 aliphatic rings. The van der Waals surface area contributed by atoms with Crippen molar-refractivity contribution < 1.29 is 4.74 Å². The summed E-state index contributed by atoms with van der Waals surface area (Å²) in [6, 6.07) is 7.25. The Balaban J connectivity index is 1.74. The molecule has 0 amide bonds. The minimum absolute atomic E-state index is 0.505. The van der Waals surface area contributed by atoms with Gasteiger partial charge in [0.25, 0.3) is 0 Å². The monoisotopic (exact) mass is 395 g/mol. The number of hydrogen-bond donors (Lipinski definition) is 1. The van der Waals surface area contributed by atoms with Crippen LogP contribution < -0.4 is 5.32 Å². The second-order valence-corrected chi connectivity index (χ2v) is 9.46. The third-order valence-corrected chi connectivity index (χ3v) is 7.62.